The fourth-order valence-corrected chi connectivity index (χ4v) is 9.42. The van der Waals surface area contributed by atoms with Crippen LogP contribution in [0.4, 0.5) is 0 Å². The maximum absolute atomic E-state index is 13.0. The number of aliphatic hydroxyl groups is 7. The van der Waals surface area contributed by atoms with Crippen molar-refractivity contribution in [3.63, 3.8) is 0 Å². The van der Waals surface area contributed by atoms with Crippen LogP contribution >= 0.6 is 0 Å². The molecule has 2 aliphatic heterocycles. The first-order valence-electron chi connectivity index (χ1n) is 29.6. The molecule has 0 aromatic heterocycles. The molecule has 2 aliphatic rings. The molecule has 0 aliphatic carbocycles. The lowest BCUT2D eigenvalue weighted by molar-refractivity contribution is -0.332. The fourth-order valence-electron chi connectivity index (χ4n) is 9.42. The summed E-state index contributed by atoms with van der Waals surface area (Å²) < 4.78 is 34.4. The van der Waals surface area contributed by atoms with Gasteiger partial charge in [0.15, 0.2) is 12.6 Å². The van der Waals surface area contributed by atoms with Gasteiger partial charge in [-0.1, -0.05) is 217 Å². The van der Waals surface area contributed by atoms with Crippen molar-refractivity contribution in [3.05, 3.63) is 36.5 Å². The number of esters is 1. The number of allylic oxidation sites excluding steroid dienone is 6. The van der Waals surface area contributed by atoms with Crippen LogP contribution in [0.2, 0.25) is 0 Å². The van der Waals surface area contributed by atoms with E-state index in [4.69, 9.17) is 28.4 Å². The summed E-state index contributed by atoms with van der Waals surface area (Å²) in [4.78, 5) is 13.0. The molecule has 0 spiro atoms. The third-order valence-corrected chi connectivity index (χ3v) is 14.2. The van der Waals surface area contributed by atoms with Gasteiger partial charge in [0.1, 0.15) is 54.9 Å². The van der Waals surface area contributed by atoms with Gasteiger partial charge in [0.05, 0.1) is 26.4 Å². The Balaban J connectivity index is 1.68. The predicted molar refractivity (Wildman–Crippen MR) is 289 cm³/mol. The molecule has 428 valence electrons. The van der Waals surface area contributed by atoms with Crippen molar-refractivity contribution >= 4 is 5.97 Å². The highest BCUT2D eigenvalue weighted by atomic mass is 16.7. The van der Waals surface area contributed by atoms with Crippen LogP contribution < -0.4 is 0 Å². The van der Waals surface area contributed by atoms with Crippen LogP contribution in [0.3, 0.4) is 0 Å². The van der Waals surface area contributed by atoms with E-state index in [1.807, 2.05) is 0 Å². The van der Waals surface area contributed by atoms with Gasteiger partial charge in [0, 0.05) is 13.0 Å². The number of hydrogen-bond donors (Lipinski definition) is 7. The molecular formula is C59H108O14. The smallest absolute Gasteiger partial charge is 0.306 e. The third kappa shape index (κ3) is 33.2. The SMILES string of the molecule is CC/C=C\C/C=C\C/C=C\CCCCCCCC(=O)OC(COCCCCCCCCCCCCCCCCCCCCCCCCCC)COC1OC(COC2OC(CO)C(O)C(O)C2O)C(O)C(O)C1O. The van der Waals surface area contributed by atoms with Gasteiger partial charge in [-0.2, -0.15) is 0 Å². The minimum absolute atomic E-state index is 0.0575. The first-order valence-corrected chi connectivity index (χ1v) is 29.6. The number of ether oxygens (including phenoxy) is 6. The first-order chi connectivity index (χ1) is 35.6. The van der Waals surface area contributed by atoms with E-state index in [1.54, 1.807) is 0 Å². The van der Waals surface area contributed by atoms with Crippen LogP contribution in [0.15, 0.2) is 36.5 Å². The Bertz CT molecular complexity index is 1350. The summed E-state index contributed by atoms with van der Waals surface area (Å²) in [7, 11) is 0. The highest BCUT2D eigenvalue weighted by molar-refractivity contribution is 5.69. The molecule has 2 fully saturated rings. The van der Waals surface area contributed by atoms with Gasteiger partial charge >= 0.3 is 5.97 Å². The van der Waals surface area contributed by atoms with Crippen LogP contribution in [-0.2, 0) is 33.2 Å². The Hall–Kier alpha value is -1.79. The second-order valence-electron chi connectivity index (χ2n) is 20.8. The summed E-state index contributed by atoms with van der Waals surface area (Å²) in [5.41, 5.74) is 0. The summed E-state index contributed by atoms with van der Waals surface area (Å²) in [5, 5.41) is 72.3. The molecular weight excluding hydrogens is 933 g/mol. The average Bonchev–Trinajstić information content (AvgIpc) is 3.39. The molecule has 11 unspecified atom stereocenters. The standard InChI is InChI=1S/C59H108O14/c1-3-5-7-9-11-13-15-17-19-20-21-22-23-24-25-26-27-29-31-33-35-37-39-41-43-68-45-48(71-51(61)42-40-38-36-34-32-30-28-18-16-14-12-10-8-6-4-2)46-69-58-57(67)55(65)53(63)50(73-58)47-70-59-56(66)54(64)52(62)49(44-60)72-59/h6,8,12,14,18,28,48-50,52-60,62-67H,3-5,7,9-11,13,15-17,19-27,29-47H2,1-2H3/b8-6-,14-12-,28-18-. The van der Waals surface area contributed by atoms with Crippen LogP contribution in [-0.4, -0.2) is 142 Å². The normalized spacial score (nSPS) is 25.2. The van der Waals surface area contributed by atoms with Gasteiger partial charge in [-0.05, 0) is 44.9 Å². The van der Waals surface area contributed by atoms with E-state index in [1.165, 1.54) is 135 Å². The largest absolute Gasteiger partial charge is 0.457 e. The molecule has 14 nitrogen and oxygen atoms in total. The molecule has 14 heteroatoms. The van der Waals surface area contributed by atoms with Crippen molar-refractivity contribution in [2.75, 3.05) is 33.0 Å². The number of rotatable bonds is 48. The van der Waals surface area contributed by atoms with Crippen LogP contribution in [0.1, 0.15) is 232 Å². The lowest BCUT2D eigenvalue weighted by atomic mass is 9.98. The summed E-state index contributed by atoms with van der Waals surface area (Å²) >= 11 is 0. The highest BCUT2D eigenvalue weighted by Gasteiger charge is 2.47. The number of unbranched alkanes of at least 4 members (excludes halogenated alkanes) is 28. The van der Waals surface area contributed by atoms with Crippen LogP contribution in [0.5, 0.6) is 0 Å². The lowest BCUT2D eigenvalue weighted by Gasteiger charge is -2.42. The topological polar surface area (TPSA) is 214 Å². The molecule has 0 radical (unpaired) electrons. The van der Waals surface area contributed by atoms with Crippen molar-refractivity contribution in [2.24, 2.45) is 0 Å². The summed E-state index contributed by atoms with van der Waals surface area (Å²) in [5.74, 6) is -0.389. The second kappa shape index (κ2) is 46.3. The molecule has 2 rings (SSSR count). The van der Waals surface area contributed by atoms with Gasteiger partial charge in [0.2, 0.25) is 0 Å². The zero-order chi connectivity index (χ0) is 53.0. The van der Waals surface area contributed by atoms with Gasteiger partial charge in [-0.3, -0.25) is 4.79 Å². The molecule has 0 saturated carbocycles. The minimum Gasteiger partial charge on any atom is -0.457 e. The summed E-state index contributed by atoms with van der Waals surface area (Å²) in [6.07, 6.45) is 37.9. The number of aliphatic hydroxyl groups excluding tert-OH is 7. The van der Waals surface area contributed by atoms with Crippen molar-refractivity contribution in [3.8, 4) is 0 Å². The zero-order valence-electron chi connectivity index (χ0n) is 45.9. The number of carbonyl (C=O) groups excluding carboxylic acids is 1. The van der Waals surface area contributed by atoms with Gasteiger partial charge in [-0.25, -0.2) is 0 Å². The predicted octanol–water partition coefficient (Wildman–Crippen LogP) is 10.5. The molecule has 0 aromatic rings. The Labute approximate surface area is 442 Å². The molecule has 73 heavy (non-hydrogen) atoms. The quantitative estimate of drug-likeness (QED) is 0.0172. The van der Waals surface area contributed by atoms with Crippen molar-refractivity contribution in [1.82, 2.24) is 0 Å². The van der Waals surface area contributed by atoms with Crippen LogP contribution in [0.25, 0.3) is 0 Å². The second-order valence-corrected chi connectivity index (χ2v) is 20.8. The lowest BCUT2D eigenvalue weighted by Crippen LogP contribution is -2.61. The van der Waals surface area contributed by atoms with E-state index in [9.17, 15) is 40.5 Å². The monoisotopic (exact) mass is 1040 g/mol. The van der Waals surface area contributed by atoms with E-state index in [-0.39, 0.29) is 25.6 Å². The van der Waals surface area contributed by atoms with E-state index in [0.29, 0.717) is 13.0 Å². The Morgan fingerprint density at radius 3 is 1.40 bits per heavy atom. The van der Waals surface area contributed by atoms with Gasteiger partial charge < -0.3 is 64.2 Å². The minimum atomic E-state index is -1.71. The number of hydrogen-bond acceptors (Lipinski definition) is 14. The van der Waals surface area contributed by atoms with Gasteiger partial charge in [-0.15, -0.1) is 0 Å². The van der Waals surface area contributed by atoms with Crippen molar-refractivity contribution in [1.29, 1.82) is 0 Å². The van der Waals surface area contributed by atoms with E-state index in [2.05, 4.69) is 50.3 Å². The summed E-state index contributed by atoms with van der Waals surface area (Å²) in [6.45, 7) is 3.59. The maximum Gasteiger partial charge on any atom is 0.306 e. The molecule has 2 heterocycles. The molecule has 2 saturated heterocycles. The maximum atomic E-state index is 13.0. The average molecular weight is 1040 g/mol. The summed E-state index contributed by atoms with van der Waals surface area (Å²) in [6, 6.07) is 0. The van der Waals surface area contributed by atoms with Crippen molar-refractivity contribution in [2.45, 2.75) is 300 Å². The first kappa shape index (κ1) is 67.3. The zero-order valence-corrected chi connectivity index (χ0v) is 45.9. The Morgan fingerprint density at radius 2 is 0.890 bits per heavy atom. The fraction of sp³-hybridized carbons (Fsp3) is 0.881. The van der Waals surface area contributed by atoms with Crippen LogP contribution in [0, 0.1) is 0 Å². The van der Waals surface area contributed by atoms with E-state index < -0.39 is 80.7 Å². The van der Waals surface area contributed by atoms with E-state index in [0.717, 1.165) is 70.6 Å². The molecule has 0 aromatic carbocycles. The molecule has 0 amide bonds. The molecule has 11 atom stereocenters. The number of carbonyl (C=O) groups is 1. The van der Waals surface area contributed by atoms with Gasteiger partial charge in [0.25, 0.3) is 0 Å². The third-order valence-electron chi connectivity index (χ3n) is 14.2. The Kier molecular flexibility index (Phi) is 42.7. The van der Waals surface area contributed by atoms with Crippen molar-refractivity contribution < 1.29 is 69.0 Å². The Morgan fingerprint density at radius 1 is 0.466 bits per heavy atom. The highest BCUT2D eigenvalue weighted by Crippen LogP contribution is 2.27. The molecule has 7 N–H and O–H groups in total. The molecule has 0 bridgehead atoms. The van der Waals surface area contributed by atoms with E-state index >= 15 is 0 Å².